The van der Waals surface area contributed by atoms with Crippen LogP contribution in [0.15, 0.2) is 90.1 Å². The summed E-state index contributed by atoms with van der Waals surface area (Å²) in [7, 11) is 1.64. The number of para-hydroxylation sites is 2. The van der Waals surface area contributed by atoms with Gasteiger partial charge in [-0.25, -0.2) is 0 Å². The van der Waals surface area contributed by atoms with Gasteiger partial charge in [-0.15, -0.1) is 10.2 Å². The Morgan fingerprint density at radius 2 is 1.53 bits per heavy atom. The molecule has 0 N–H and O–H groups in total. The van der Waals surface area contributed by atoms with E-state index in [0.717, 1.165) is 16.8 Å². The number of thioether (sulfide) groups is 1. The van der Waals surface area contributed by atoms with Crippen LogP contribution >= 0.6 is 11.8 Å². The first kappa shape index (κ1) is 23.6. The first-order chi connectivity index (χ1) is 16.7. The molecular formula is C27H28N4O2S. The van der Waals surface area contributed by atoms with Gasteiger partial charge in [0.1, 0.15) is 11.0 Å². The zero-order valence-electron chi connectivity index (χ0n) is 19.6. The summed E-state index contributed by atoms with van der Waals surface area (Å²) < 4.78 is 7.59. The number of benzene rings is 3. The monoisotopic (exact) mass is 472 g/mol. The van der Waals surface area contributed by atoms with Crippen molar-refractivity contribution in [2.75, 3.05) is 20.2 Å². The van der Waals surface area contributed by atoms with Crippen molar-refractivity contribution in [1.29, 1.82) is 0 Å². The third kappa shape index (κ3) is 4.84. The standard InChI is InChI=1S/C27H28N4O2S/c1-4-30(5-2)26(32)24(20-14-8-6-9-15-20)34-27-29-28-25(22-18-12-13-19-23(22)33-3)31(27)21-16-10-7-11-17-21/h6-19,24H,4-5H2,1-3H3/t24-/m0/s1. The lowest BCUT2D eigenvalue weighted by Gasteiger charge is -2.25. The molecule has 0 aliphatic rings. The lowest BCUT2D eigenvalue weighted by Crippen LogP contribution is -2.34. The molecule has 1 amide bonds. The molecule has 174 valence electrons. The van der Waals surface area contributed by atoms with Gasteiger partial charge in [0, 0.05) is 18.8 Å². The molecule has 4 rings (SSSR count). The first-order valence-electron chi connectivity index (χ1n) is 11.3. The predicted octanol–water partition coefficient (Wildman–Crippen LogP) is 5.64. The summed E-state index contributed by atoms with van der Waals surface area (Å²) in [4.78, 5) is 15.4. The SMILES string of the molecule is CCN(CC)C(=O)[C@@H](Sc1nnc(-c2ccccc2OC)n1-c1ccccc1)c1ccccc1. The number of hydrogen-bond donors (Lipinski definition) is 0. The fourth-order valence-corrected chi connectivity index (χ4v) is 4.99. The molecule has 0 bridgehead atoms. The van der Waals surface area contributed by atoms with Crippen LogP contribution in [0.3, 0.4) is 0 Å². The van der Waals surface area contributed by atoms with Gasteiger partial charge in [-0.2, -0.15) is 0 Å². The molecule has 0 spiro atoms. The van der Waals surface area contributed by atoms with Crippen LogP contribution in [0.2, 0.25) is 0 Å². The molecule has 0 fully saturated rings. The number of hydrogen-bond acceptors (Lipinski definition) is 5. The lowest BCUT2D eigenvalue weighted by atomic mass is 10.1. The molecular weight excluding hydrogens is 444 g/mol. The summed E-state index contributed by atoms with van der Waals surface area (Å²) in [6.45, 7) is 5.30. The maximum Gasteiger partial charge on any atom is 0.240 e. The Labute approximate surface area is 204 Å². The van der Waals surface area contributed by atoms with Gasteiger partial charge >= 0.3 is 0 Å². The van der Waals surface area contributed by atoms with Crippen molar-refractivity contribution in [3.63, 3.8) is 0 Å². The molecule has 4 aromatic rings. The number of aromatic nitrogens is 3. The number of carbonyl (C=O) groups is 1. The van der Waals surface area contributed by atoms with E-state index in [9.17, 15) is 4.79 Å². The average Bonchev–Trinajstić information content (AvgIpc) is 3.32. The summed E-state index contributed by atoms with van der Waals surface area (Å²) in [5.41, 5.74) is 2.68. The quantitative estimate of drug-likeness (QED) is 0.295. The van der Waals surface area contributed by atoms with E-state index in [1.807, 2.05) is 108 Å². The zero-order chi connectivity index (χ0) is 23.9. The Morgan fingerprint density at radius 1 is 0.912 bits per heavy atom. The van der Waals surface area contributed by atoms with Crippen LogP contribution in [0.1, 0.15) is 24.7 Å². The number of carbonyl (C=O) groups excluding carboxylic acids is 1. The Kier molecular flexibility index (Phi) is 7.65. The van der Waals surface area contributed by atoms with Crippen LogP contribution in [-0.4, -0.2) is 45.8 Å². The summed E-state index contributed by atoms with van der Waals surface area (Å²) in [6.07, 6.45) is 0. The van der Waals surface area contributed by atoms with Crippen LogP contribution < -0.4 is 4.74 Å². The van der Waals surface area contributed by atoms with E-state index in [1.165, 1.54) is 11.8 Å². The topological polar surface area (TPSA) is 60.3 Å². The molecule has 7 heteroatoms. The van der Waals surface area contributed by atoms with E-state index in [0.29, 0.717) is 29.8 Å². The third-order valence-electron chi connectivity index (χ3n) is 5.62. The molecule has 0 saturated heterocycles. The number of likely N-dealkylation sites (N-methyl/N-ethyl adjacent to an activating group) is 1. The Hall–Kier alpha value is -3.58. The van der Waals surface area contributed by atoms with Crippen molar-refractivity contribution in [1.82, 2.24) is 19.7 Å². The lowest BCUT2D eigenvalue weighted by molar-refractivity contribution is -0.130. The van der Waals surface area contributed by atoms with Gasteiger partial charge in [-0.1, -0.05) is 72.4 Å². The smallest absolute Gasteiger partial charge is 0.240 e. The van der Waals surface area contributed by atoms with Crippen LogP contribution in [0, 0.1) is 0 Å². The molecule has 0 unspecified atom stereocenters. The van der Waals surface area contributed by atoms with E-state index < -0.39 is 5.25 Å². The Balaban J connectivity index is 1.84. The number of nitrogens with zero attached hydrogens (tertiary/aromatic N) is 4. The van der Waals surface area contributed by atoms with Gasteiger partial charge in [0.25, 0.3) is 0 Å². The maximum absolute atomic E-state index is 13.6. The van der Waals surface area contributed by atoms with E-state index in [-0.39, 0.29) is 5.91 Å². The van der Waals surface area contributed by atoms with E-state index in [4.69, 9.17) is 4.74 Å². The zero-order valence-corrected chi connectivity index (χ0v) is 20.4. The predicted molar refractivity (Wildman–Crippen MR) is 136 cm³/mol. The largest absolute Gasteiger partial charge is 0.496 e. The fourth-order valence-electron chi connectivity index (χ4n) is 3.86. The highest BCUT2D eigenvalue weighted by Crippen LogP contribution is 2.39. The first-order valence-corrected chi connectivity index (χ1v) is 12.2. The van der Waals surface area contributed by atoms with Crippen molar-refractivity contribution in [2.45, 2.75) is 24.3 Å². The third-order valence-corrected chi connectivity index (χ3v) is 6.81. The second-order valence-corrected chi connectivity index (χ2v) is 8.67. The van der Waals surface area contributed by atoms with Crippen LogP contribution in [-0.2, 0) is 4.79 Å². The number of rotatable bonds is 9. The van der Waals surface area contributed by atoms with Crippen molar-refractivity contribution in [2.24, 2.45) is 0 Å². The van der Waals surface area contributed by atoms with Gasteiger partial charge < -0.3 is 9.64 Å². The van der Waals surface area contributed by atoms with Gasteiger partial charge in [0.2, 0.25) is 5.91 Å². The molecule has 1 atom stereocenters. The number of ether oxygens (including phenoxy) is 1. The average molecular weight is 473 g/mol. The summed E-state index contributed by atoms with van der Waals surface area (Å²) in [6, 6.07) is 27.5. The van der Waals surface area contributed by atoms with Crippen LogP contribution in [0.25, 0.3) is 17.1 Å². The molecule has 1 heterocycles. The van der Waals surface area contributed by atoms with Gasteiger partial charge in [0.05, 0.1) is 12.7 Å². The molecule has 3 aromatic carbocycles. The molecule has 0 aliphatic carbocycles. The summed E-state index contributed by atoms with van der Waals surface area (Å²) in [5.74, 6) is 1.43. The molecule has 0 aliphatic heterocycles. The maximum atomic E-state index is 13.6. The van der Waals surface area contributed by atoms with Crippen molar-refractivity contribution >= 4 is 17.7 Å². The normalized spacial score (nSPS) is 11.7. The van der Waals surface area contributed by atoms with E-state index in [2.05, 4.69) is 10.2 Å². The highest BCUT2D eigenvalue weighted by atomic mass is 32.2. The minimum atomic E-state index is -0.446. The molecule has 0 saturated carbocycles. The molecule has 0 radical (unpaired) electrons. The van der Waals surface area contributed by atoms with Gasteiger partial charge in [-0.3, -0.25) is 9.36 Å². The molecule has 1 aromatic heterocycles. The van der Waals surface area contributed by atoms with Gasteiger partial charge in [0.15, 0.2) is 11.0 Å². The number of amides is 1. The van der Waals surface area contributed by atoms with Crippen molar-refractivity contribution in [3.05, 3.63) is 90.5 Å². The summed E-state index contributed by atoms with van der Waals surface area (Å²) >= 11 is 1.42. The minimum absolute atomic E-state index is 0.0580. The molecule has 6 nitrogen and oxygen atoms in total. The highest BCUT2D eigenvalue weighted by Gasteiger charge is 2.29. The van der Waals surface area contributed by atoms with Crippen molar-refractivity contribution < 1.29 is 9.53 Å². The second-order valence-electron chi connectivity index (χ2n) is 7.60. The van der Waals surface area contributed by atoms with Crippen LogP contribution in [0.5, 0.6) is 5.75 Å². The Morgan fingerprint density at radius 3 is 2.18 bits per heavy atom. The molecule has 34 heavy (non-hydrogen) atoms. The van der Waals surface area contributed by atoms with Crippen molar-refractivity contribution in [3.8, 4) is 22.8 Å². The van der Waals surface area contributed by atoms with E-state index in [1.54, 1.807) is 7.11 Å². The van der Waals surface area contributed by atoms with Crippen LogP contribution in [0.4, 0.5) is 0 Å². The highest BCUT2D eigenvalue weighted by molar-refractivity contribution is 8.00. The number of methoxy groups -OCH3 is 1. The minimum Gasteiger partial charge on any atom is -0.496 e. The van der Waals surface area contributed by atoms with Gasteiger partial charge in [-0.05, 0) is 43.7 Å². The van der Waals surface area contributed by atoms with E-state index >= 15 is 0 Å². The second kappa shape index (κ2) is 11.0. The fraction of sp³-hybridized carbons (Fsp3) is 0.222. The summed E-state index contributed by atoms with van der Waals surface area (Å²) in [5, 5.41) is 9.30. The Bertz CT molecular complexity index is 1220.